The van der Waals surface area contributed by atoms with Gasteiger partial charge in [-0.3, -0.25) is 4.98 Å². The quantitative estimate of drug-likeness (QED) is 0.885. The van der Waals surface area contributed by atoms with Crippen molar-refractivity contribution in [3.8, 4) is 0 Å². The van der Waals surface area contributed by atoms with Crippen molar-refractivity contribution in [3.05, 3.63) is 42.1 Å². The van der Waals surface area contributed by atoms with Crippen molar-refractivity contribution in [3.63, 3.8) is 0 Å². The van der Waals surface area contributed by atoms with Crippen LogP contribution in [0.25, 0.3) is 10.9 Å². The summed E-state index contributed by atoms with van der Waals surface area (Å²) in [4.78, 5) is 4.60. The van der Waals surface area contributed by atoms with E-state index in [9.17, 15) is 0 Å². The standard InChI is InChI=1S/C18H24N2/c1-19-17(13-14-7-3-2-4-8-14)16-11-5-9-15-10-6-12-20-18(15)16/h5-6,9-12,14,17,19H,2-4,7-8,13H2,1H3. The summed E-state index contributed by atoms with van der Waals surface area (Å²) in [5, 5.41) is 4.76. The molecule has 1 aromatic heterocycles. The highest BCUT2D eigenvalue weighted by Crippen LogP contribution is 2.33. The molecule has 20 heavy (non-hydrogen) atoms. The molecule has 2 heteroatoms. The minimum Gasteiger partial charge on any atom is -0.313 e. The molecule has 106 valence electrons. The van der Waals surface area contributed by atoms with Gasteiger partial charge in [-0.25, -0.2) is 0 Å². The van der Waals surface area contributed by atoms with Crippen molar-refractivity contribution in [1.82, 2.24) is 10.3 Å². The fourth-order valence-electron chi connectivity index (χ4n) is 3.57. The first-order chi connectivity index (χ1) is 9.88. The van der Waals surface area contributed by atoms with Crippen LogP contribution in [0.15, 0.2) is 36.5 Å². The van der Waals surface area contributed by atoms with E-state index < -0.39 is 0 Å². The van der Waals surface area contributed by atoms with Crippen LogP contribution in [-0.4, -0.2) is 12.0 Å². The second kappa shape index (κ2) is 6.36. The van der Waals surface area contributed by atoms with Gasteiger partial charge in [0.15, 0.2) is 0 Å². The van der Waals surface area contributed by atoms with Gasteiger partial charge in [0.1, 0.15) is 0 Å². The van der Waals surface area contributed by atoms with Crippen molar-refractivity contribution in [2.45, 2.75) is 44.6 Å². The zero-order valence-corrected chi connectivity index (χ0v) is 12.3. The Balaban J connectivity index is 1.86. The Bertz CT molecular complexity index is 553. The van der Waals surface area contributed by atoms with Gasteiger partial charge in [0.25, 0.3) is 0 Å². The predicted octanol–water partition coefficient (Wildman–Crippen LogP) is 4.47. The van der Waals surface area contributed by atoms with Crippen LogP contribution in [0.4, 0.5) is 0 Å². The Labute approximate surface area is 121 Å². The molecule has 0 amide bonds. The van der Waals surface area contributed by atoms with Crippen LogP contribution in [0.5, 0.6) is 0 Å². The summed E-state index contributed by atoms with van der Waals surface area (Å²) in [6.07, 6.45) is 10.2. The second-order valence-electron chi connectivity index (χ2n) is 6.00. The molecule has 1 heterocycles. The lowest BCUT2D eigenvalue weighted by Crippen LogP contribution is -2.21. The molecule has 1 aromatic carbocycles. The molecule has 1 unspecified atom stereocenters. The number of hydrogen-bond acceptors (Lipinski definition) is 2. The maximum atomic E-state index is 4.60. The third kappa shape index (κ3) is 2.85. The number of nitrogens with zero attached hydrogens (tertiary/aromatic N) is 1. The lowest BCUT2D eigenvalue weighted by atomic mass is 9.83. The van der Waals surface area contributed by atoms with E-state index in [2.05, 4.69) is 41.6 Å². The van der Waals surface area contributed by atoms with Crippen molar-refractivity contribution in [2.24, 2.45) is 5.92 Å². The van der Waals surface area contributed by atoms with Gasteiger partial charge in [-0.05, 0) is 31.0 Å². The summed E-state index contributed by atoms with van der Waals surface area (Å²) in [5.74, 6) is 0.875. The Kier molecular flexibility index (Phi) is 4.31. The molecule has 0 bridgehead atoms. The molecule has 1 N–H and O–H groups in total. The van der Waals surface area contributed by atoms with E-state index in [1.807, 2.05) is 12.3 Å². The first-order valence-electron chi connectivity index (χ1n) is 7.89. The normalized spacial score (nSPS) is 18.2. The summed E-state index contributed by atoms with van der Waals surface area (Å²) in [6.45, 7) is 0. The van der Waals surface area contributed by atoms with E-state index in [4.69, 9.17) is 0 Å². The SMILES string of the molecule is CNC(CC1CCCCC1)c1cccc2cccnc12. The Morgan fingerprint density at radius 1 is 1.15 bits per heavy atom. The maximum absolute atomic E-state index is 4.60. The number of nitrogens with one attached hydrogen (secondary N) is 1. The third-order valence-corrected chi connectivity index (χ3v) is 4.68. The molecule has 1 saturated carbocycles. The molecule has 3 rings (SSSR count). The fourth-order valence-corrected chi connectivity index (χ4v) is 3.57. The van der Waals surface area contributed by atoms with Crippen LogP contribution in [0.1, 0.15) is 50.1 Å². The molecule has 0 aliphatic heterocycles. The molecular weight excluding hydrogens is 244 g/mol. The highest BCUT2D eigenvalue weighted by atomic mass is 14.9. The summed E-state index contributed by atoms with van der Waals surface area (Å²) in [6, 6.07) is 11.1. The largest absolute Gasteiger partial charge is 0.313 e. The zero-order chi connectivity index (χ0) is 13.8. The van der Waals surface area contributed by atoms with Gasteiger partial charge in [-0.1, -0.05) is 56.4 Å². The fraction of sp³-hybridized carbons (Fsp3) is 0.500. The lowest BCUT2D eigenvalue weighted by molar-refractivity contribution is 0.306. The smallest absolute Gasteiger partial charge is 0.0749 e. The maximum Gasteiger partial charge on any atom is 0.0749 e. The first-order valence-corrected chi connectivity index (χ1v) is 7.89. The van der Waals surface area contributed by atoms with Gasteiger partial charge in [0, 0.05) is 17.6 Å². The minimum atomic E-state index is 0.428. The molecule has 0 spiro atoms. The molecule has 1 aliphatic carbocycles. The Hall–Kier alpha value is -1.41. The average Bonchev–Trinajstić information content (AvgIpc) is 2.53. The summed E-state index contributed by atoms with van der Waals surface area (Å²) >= 11 is 0. The summed E-state index contributed by atoms with van der Waals surface area (Å²) in [7, 11) is 2.08. The van der Waals surface area contributed by atoms with E-state index in [1.165, 1.54) is 49.5 Å². The van der Waals surface area contributed by atoms with Crippen molar-refractivity contribution in [2.75, 3.05) is 7.05 Å². The molecule has 2 nitrogen and oxygen atoms in total. The number of pyridine rings is 1. The number of rotatable bonds is 4. The highest BCUT2D eigenvalue weighted by Gasteiger charge is 2.20. The lowest BCUT2D eigenvalue weighted by Gasteiger charge is -2.27. The van der Waals surface area contributed by atoms with Gasteiger partial charge >= 0.3 is 0 Å². The minimum absolute atomic E-state index is 0.428. The van der Waals surface area contributed by atoms with Gasteiger partial charge in [-0.15, -0.1) is 0 Å². The van der Waals surface area contributed by atoms with Crippen LogP contribution in [-0.2, 0) is 0 Å². The number of para-hydroxylation sites is 1. The van der Waals surface area contributed by atoms with Crippen LogP contribution in [0, 0.1) is 5.92 Å². The second-order valence-corrected chi connectivity index (χ2v) is 6.00. The van der Waals surface area contributed by atoms with Gasteiger partial charge in [0.2, 0.25) is 0 Å². The van der Waals surface area contributed by atoms with Crippen molar-refractivity contribution >= 4 is 10.9 Å². The van der Waals surface area contributed by atoms with E-state index >= 15 is 0 Å². The number of hydrogen-bond donors (Lipinski definition) is 1. The van der Waals surface area contributed by atoms with E-state index in [0.717, 1.165) is 11.4 Å². The van der Waals surface area contributed by atoms with Crippen LogP contribution in [0.2, 0.25) is 0 Å². The topological polar surface area (TPSA) is 24.9 Å². The van der Waals surface area contributed by atoms with Crippen LogP contribution >= 0.6 is 0 Å². The first kappa shape index (κ1) is 13.6. The Morgan fingerprint density at radius 3 is 2.75 bits per heavy atom. The summed E-state index contributed by atoms with van der Waals surface area (Å²) in [5.41, 5.74) is 2.52. The summed E-state index contributed by atoms with van der Waals surface area (Å²) < 4.78 is 0. The van der Waals surface area contributed by atoms with E-state index in [1.54, 1.807) is 0 Å². The van der Waals surface area contributed by atoms with Gasteiger partial charge in [-0.2, -0.15) is 0 Å². The van der Waals surface area contributed by atoms with E-state index in [-0.39, 0.29) is 0 Å². The molecule has 2 aromatic rings. The molecule has 1 aliphatic rings. The van der Waals surface area contributed by atoms with Crippen LogP contribution < -0.4 is 5.32 Å². The number of fused-ring (bicyclic) bond motifs is 1. The average molecular weight is 268 g/mol. The van der Waals surface area contributed by atoms with Gasteiger partial charge < -0.3 is 5.32 Å². The van der Waals surface area contributed by atoms with Gasteiger partial charge in [0.05, 0.1) is 5.52 Å². The third-order valence-electron chi connectivity index (χ3n) is 4.68. The van der Waals surface area contributed by atoms with E-state index in [0.29, 0.717) is 6.04 Å². The molecule has 1 fully saturated rings. The zero-order valence-electron chi connectivity index (χ0n) is 12.3. The van der Waals surface area contributed by atoms with Crippen LogP contribution in [0.3, 0.4) is 0 Å². The van der Waals surface area contributed by atoms with Crippen molar-refractivity contribution in [1.29, 1.82) is 0 Å². The van der Waals surface area contributed by atoms with Crippen molar-refractivity contribution < 1.29 is 0 Å². The molecule has 1 atom stereocenters. The molecular formula is C18H24N2. The highest BCUT2D eigenvalue weighted by molar-refractivity contribution is 5.81. The molecule has 0 saturated heterocycles. The monoisotopic (exact) mass is 268 g/mol. The number of benzene rings is 1. The molecule has 0 radical (unpaired) electrons. The number of aromatic nitrogens is 1. The predicted molar refractivity (Wildman–Crippen MR) is 84.7 cm³/mol. The Morgan fingerprint density at radius 2 is 1.95 bits per heavy atom.